The van der Waals surface area contributed by atoms with Crippen LogP contribution in [0.15, 0.2) is 28.7 Å². The summed E-state index contributed by atoms with van der Waals surface area (Å²) in [5.74, 6) is 1.23. The number of rotatable bonds is 5. The molecule has 2 aliphatic rings. The van der Waals surface area contributed by atoms with E-state index in [1.807, 2.05) is 31.2 Å². The van der Waals surface area contributed by atoms with Crippen LogP contribution in [0.5, 0.6) is 5.75 Å². The van der Waals surface area contributed by atoms with E-state index in [4.69, 9.17) is 4.74 Å². The SMILES string of the molecule is CC(CNC(=O)C1CC12CCNCC2)Oc1cccc(Br)c1.Cl. The van der Waals surface area contributed by atoms with Crippen molar-refractivity contribution in [3.05, 3.63) is 28.7 Å². The summed E-state index contributed by atoms with van der Waals surface area (Å²) in [6.07, 6.45) is 3.28. The summed E-state index contributed by atoms with van der Waals surface area (Å²) in [6, 6.07) is 7.76. The Morgan fingerprint density at radius 1 is 1.48 bits per heavy atom. The third-order valence-electron chi connectivity index (χ3n) is 4.80. The lowest BCUT2D eigenvalue weighted by atomic mass is 9.92. The maximum Gasteiger partial charge on any atom is 0.223 e. The molecule has 0 aromatic heterocycles. The topological polar surface area (TPSA) is 50.4 Å². The highest BCUT2D eigenvalue weighted by Gasteiger charge is 2.57. The van der Waals surface area contributed by atoms with E-state index in [1.54, 1.807) is 0 Å². The van der Waals surface area contributed by atoms with E-state index in [0.717, 1.165) is 42.6 Å². The van der Waals surface area contributed by atoms with Gasteiger partial charge < -0.3 is 15.4 Å². The van der Waals surface area contributed by atoms with E-state index < -0.39 is 0 Å². The second-order valence-corrected chi connectivity index (χ2v) is 7.42. The van der Waals surface area contributed by atoms with Crippen LogP contribution in [0, 0.1) is 11.3 Å². The molecule has 1 spiro atoms. The van der Waals surface area contributed by atoms with Crippen LogP contribution in [0.4, 0.5) is 0 Å². The third kappa shape index (κ3) is 4.61. The molecule has 3 rings (SSSR count). The van der Waals surface area contributed by atoms with Crippen molar-refractivity contribution in [3.8, 4) is 5.75 Å². The van der Waals surface area contributed by atoms with Gasteiger partial charge in [-0.1, -0.05) is 22.0 Å². The Morgan fingerprint density at radius 3 is 2.91 bits per heavy atom. The number of amides is 1. The van der Waals surface area contributed by atoms with Crippen LogP contribution >= 0.6 is 28.3 Å². The van der Waals surface area contributed by atoms with Crippen LogP contribution in [0.1, 0.15) is 26.2 Å². The first-order valence-corrected chi connectivity index (χ1v) is 8.79. The number of halogens is 2. The predicted molar refractivity (Wildman–Crippen MR) is 97.1 cm³/mol. The van der Waals surface area contributed by atoms with Gasteiger partial charge in [0.1, 0.15) is 11.9 Å². The minimum absolute atomic E-state index is 0. The standard InChI is InChI=1S/C17H23BrN2O2.ClH/c1-12(22-14-4-2-3-13(18)9-14)11-20-16(21)15-10-17(15)5-7-19-8-6-17;/h2-4,9,12,15,19H,5-8,10-11H2,1H3,(H,20,21);1H. The van der Waals surface area contributed by atoms with Crippen molar-refractivity contribution in [2.75, 3.05) is 19.6 Å². The molecule has 128 valence electrons. The number of hydrogen-bond acceptors (Lipinski definition) is 3. The van der Waals surface area contributed by atoms with Crippen LogP contribution in [-0.2, 0) is 4.79 Å². The molecule has 1 saturated carbocycles. The van der Waals surface area contributed by atoms with Gasteiger partial charge in [0.15, 0.2) is 0 Å². The molecule has 0 radical (unpaired) electrons. The summed E-state index contributed by atoms with van der Waals surface area (Å²) < 4.78 is 6.82. The molecule has 1 saturated heterocycles. The van der Waals surface area contributed by atoms with Gasteiger partial charge in [0, 0.05) is 10.4 Å². The monoisotopic (exact) mass is 402 g/mol. The summed E-state index contributed by atoms with van der Waals surface area (Å²) in [5, 5.41) is 6.42. The van der Waals surface area contributed by atoms with Gasteiger partial charge in [-0.15, -0.1) is 12.4 Å². The zero-order valence-electron chi connectivity index (χ0n) is 13.3. The summed E-state index contributed by atoms with van der Waals surface area (Å²) in [7, 11) is 0. The quantitative estimate of drug-likeness (QED) is 0.794. The summed E-state index contributed by atoms with van der Waals surface area (Å²) >= 11 is 3.43. The van der Waals surface area contributed by atoms with E-state index in [2.05, 4.69) is 26.6 Å². The Morgan fingerprint density at radius 2 is 2.22 bits per heavy atom. The lowest BCUT2D eigenvalue weighted by molar-refractivity contribution is -0.123. The number of hydrogen-bond donors (Lipinski definition) is 2. The largest absolute Gasteiger partial charge is 0.489 e. The van der Waals surface area contributed by atoms with Gasteiger partial charge in [-0.2, -0.15) is 0 Å². The van der Waals surface area contributed by atoms with Crippen molar-refractivity contribution in [2.24, 2.45) is 11.3 Å². The van der Waals surface area contributed by atoms with Crippen LogP contribution in [0.3, 0.4) is 0 Å². The maximum atomic E-state index is 12.3. The molecule has 2 N–H and O–H groups in total. The Kier molecular flexibility index (Phi) is 6.34. The second-order valence-electron chi connectivity index (χ2n) is 6.50. The lowest BCUT2D eigenvalue weighted by Crippen LogP contribution is -2.37. The molecule has 0 bridgehead atoms. The Bertz CT molecular complexity index is 549. The smallest absolute Gasteiger partial charge is 0.223 e. The molecule has 1 aromatic rings. The van der Waals surface area contributed by atoms with Crippen molar-refractivity contribution in [1.29, 1.82) is 0 Å². The van der Waals surface area contributed by atoms with E-state index in [0.29, 0.717) is 12.0 Å². The van der Waals surface area contributed by atoms with Gasteiger partial charge in [-0.25, -0.2) is 0 Å². The highest BCUT2D eigenvalue weighted by atomic mass is 79.9. The van der Waals surface area contributed by atoms with Gasteiger partial charge in [-0.3, -0.25) is 4.79 Å². The Hall–Kier alpha value is -0.780. The fraction of sp³-hybridized carbons (Fsp3) is 0.588. The molecule has 6 heteroatoms. The van der Waals surface area contributed by atoms with Crippen molar-refractivity contribution >= 4 is 34.2 Å². The number of piperidine rings is 1. The molecule has 2 fully saturated rings. The molecular formula is C17H24BrClN2O2. The van der Waals surface area contributed by atoms with E-state index in [9.17, 15) is 4.79 Å². The van der Waals surface area contributed by atoms with E-state index in [1.165, 1.54) is 0 Å². The zero-order valence-corrected chi connectivity index (χ0v) is 15.7. The molecule has 2 atom stereocenters. The second kappa shape index (κ2) is 7.86. The Labute approximate surface area is 152 Å². The molecule has 1 aliphatic carbocycles. The lowest BCUT2D eigenvalue weighted by Gasteiger charge is -2.23. The minimum Gasteiger partial charge on any atom is -0.489 e. The van der Waals surface area contributed by atoms with Crippen molar-refractivity contribution in [3.63, 3.8) is 0 Å². The molecule has 4 nitrogen and oxygen atoms in total. The summed E-state index contributed by atoms with van der Waals surface area (Å²) in [6.45, 7) is 4.63. The van der Waals surface area contributed by atoms with Crippen LogP contribution < -0.4 is 15.4 Å². The Balaban J connectivity index is 0.00000192. The molecule has 1 aromatic carbocycles. The van der Waals surface area contributed by atoms with Gasteiger partial charge in [0.2, 0.25) is 5.91 Å². The molecule has 2 unspecified atom stereocenters. The summed E-state index contributed by atoms with van der Waals surface area (Å²) in [5.41, 5.74) is 0.295. The molecule has 1 heterocycles. The number of carbonyl (C=O) groups excluding carboxylic acids is 1. The van der Waals surface area contributed by atoms with Gasteiger partial charge in [-0.05, 0) is 62.9 Å². The molecule has 23 heavy (non-hydrogen) atoms. The normalized spacial score (nSPS) is 22.8. The number of nitrogens with one attached hydrogen (secondary N) is 2. The fourth-order valence-electron chi connectivity index (χ4n) is 3.38. The predicted octanol–water partition coefficient (Wildman–Crippen LogP) is 3.14. The van der Waals surface area contributed by atoms with Gasteiger partial charge in [0.05, 0.1) is 6.54 Å². The van der Waals surface area contributed by atoms with E-state index in [-0.39, 0.29) is 30.3 Å². The van der Waals surface area contributed by atoms with Crippen molar-refractivity contribution in [1.82, 2.24) is 10.6 Å². The number of benzene rings is 1. The molecular weight excluding hydrogens is 380 g/mol. The average molecular weight is 404 g/mol. The van der Waals surface area contributed by atoms with Gasteiger partial charge >= 0.3 is 0 Å². The zero-order chi connectivity index (χ0) is 15.6. The first-order valence-electron chi connectivity index (χ1n) is 8.00. The highest BCUT2D eigenvalue weighted by molar-refractivity contribution is 9.10. The van der Waals surface area contributed by atoms with Crippen molar-refractivity contribution < 1.29 is 9.53 Å². The van der Waals surface area contributed by atoms with Gasteiger partial charge in [0.25, 0.3) is 0 Å². The van der Waals surface area contributed by atoms with Crippen LogP contribution in [0.25, 0.3) is 0 Å². The fourth-order valence-corrected chi connectivity index (χ4v) is 3.76. The first kappa shape index (κ1) is 18.6. The number of carbonyl (C=O) groups is 1. The minimum atomic E-state index is -0.0408. The third-order valence-corrected chi connectivity index (χ3v) is 5.30. The number of ether oxygens (including phenoxy) is 1. The first-order chi connectivity index (χ1) is 10.6. The average Bonchev–Trinajstić information content (AvgIpc) is 3.19. The van der Waals surface area contributed by atoms with E-state index >= 15 is 0 Å². The highest BCUT2D eigenvalue weighted by Crippen LogP contribution is 2.58. The summed E-state index contributed by atoms with van der Waals surface area (Å²) in [4.78, 5) is 12.3. The molecule has 1 amide bonds. The molecule has 1 aliphatic heterocycles. The van der Waals surface area contributed by atoms with Crippen LogP contribution in [0.2, 0.25) is 0 Å². The van der Waals surface area contributed by atoms with Crippen molar-refractivity contribution in [2.45, 2.75) is 32.3 Å². The van der Waals surface area contributed by atoms with Crippen LogP contribution in [-0.4, -0.2) is 31.6 Å². The maximum absolute atomic E-state index is 12.3.